The molecule has 0 saturated heterocycles. The van der Waals surface area contributed by atoms with E-state index in [9.17, 15) is 0 Å². The van der Waals surface area contributed by atoms with Crippen molar-refractivity contribution in [3.63, 3.8) is 0 Å². The van der Waals surface area contributed by atoms with Gasteiger partial charge in [0.2, 0.25) is 0 Å². The highest BCUT2D eigenvalue weighted by Gasteiger charge is 2.17. The SMILES string of the molecule is CCCNCCC=CC1CCC(CC)CC1. The molecular formula is C15H29N. The van der Waals surface area contributed by atoms with Crippen molar-refractivity contribution in [2.24, 2.45) is 11.8 Å². The lowest BCUT2D eigenvalue weighted by Crippen LogP contribution is -2.15. The minimum absolute atomic E-state index is 0.883. The summed E-state index contributed by atoms with van der Waals surface area (Å²) >= 11 is 0. The Bertz CT molecular complexity index is 178. The molecule has 0 radical (unpaired) electrons. The molecule has 0 aromatic rings. The van der Waals surface area contributed by atoms with Gasteiger partial charge in [-0.1, -0.05) is 32.4 Å². The van der Waals surface area contributed by atoms with Gasteiger partial charge in [-0.2, -0.15) is 0 Å². The summed E-state index contributed by atoms with van der Waals surface area (Å²) in [6.45, 7) is 6.86. The van der Waals surface area contributed by atoms with Gasteiger partial charge in [0.15, 0.2) is 0 Å². The monoisotopic (exact) mass is 223 g/mol. The summed E-state index contributed by atoms with van der Waals surface area (Å²) in [7, 11) is 0. The molecule has 1 heteroatoms. The van der Waals surface area contributed by atoms with Crippen LogP contribution in [0.3, 0.4) is 0 Å². The summed E-state index contributed by atoms with van der Waals surface area (Å²) in [6, 6.07) is 0. The number of hydrogen-bond acceptors (Lipinski definition) is 1. The van der Waals surface area contributed by atoms with Gasteiger partial charge >= 0.3 is 0 Å². The van der Waals surface area contributed by atoms with Crippen LogP contribution in [0.5, 0.6) is 0 Å². The summed E-state index contributed by atoms with van der Waals surface area (Å²) in [5.41, 5.74) is 0. The van der Waals surface area contributed by atoms with Crippen LogP contribution in [-0.2, 0) is 0 Å². The van der Waals surface area contributed by atoms with Crippen LogP contribution in [0.4, 0.5) is 0 Å². The van der Waals surface area contributed by atoms with Crippen molar-refractivity contribution in [1.82, 2.24) is 5.32 Å². The summed E-state index contributed by atoms with van der Waals surface area (Å²) in [6.07, 6.45) is 14.5. The highest BCUT2D eigenvalue weighted by Crippen LogP contribution is 2.31. The lowest BCUT2D eigenvalue weighted by molar-refractivity contribution is 0.303. The van der Waals surface area contributed by atoms with Gasteiger partial charge in [-0.15, -0.1) is 0 Å². The second-order valence-corrected chi connectivity index (χ2v) is 5.16. The van der Waals surface area contributed by atoms with Gasteiger partial charge in [0.1, 0.15) is 0 Å². The van der Waals surface area contributed by atoms with Crippen LogP contribution in [-0.4, -0.2) is 13.1 Å². The van der Waals surface area contributed by atoms with Crippen molar-refractivity contribution in [2.45, 2.75) is 58.8 Å². The summed E-state index contributed by atoms with van der Waals surface area (Å²) in [5.74, 6) is 1.91. The Hall–Kier alpha value is -0.300. The van der Waals surface area contributed by atoms with Gasteiger partial charge < -0.3 is 5.32 Å². The Morgan fingerprint density at radius 2 is 1.81 bits per heavy atom. The van der Waals surface area contributed by atoms with Crippen LogP contribution in [0.2, 0.25) is 0 Å². The van der Waals surface area contributed by atoms with E-state index in [4.69, 9.17) is 0 Å². The Morgan fingerprint density at radius 1 is 1.06 bits per heavy atom. The highest BCUT2D eigenvalue weighted by atomic mass is 14.8. The van der Waals surface area contributed by atoms with Crippen LogP contribution >= 0.6 is 0 Å². The van der Waals surface area contributed by atoms with Crippen molar-refractivity contribution in [2.75, 3.05) is 13.1 Å². The molecule has 1 aliphatic carbocycles. The van der Waals surface area contributed by atoms with Crippen molar-refractivity contribution < 1.29 is 0 Å². The zero-order valence-corrected chi connectivity index (χ0v) is 11.2. The van der Waals surface area contributed by atoms with Crippen LogP contribution in [0.25, 0.3) is 0 Å². The number of nitrogens with one attached hydrogen (secondary N) is 1. The largest absolute Gasteiger partial charge is 0.316 e. The molecule has 0 unspecified atom stereocenters. The second kappa shape index (κ2) is 8.81. The maximum atomic E-state index is 3.44. The van der Waals surface area contributed by atoms with E-state index in [-0.39, 0.29) is 0 Å². The van der Waals surface area contributed by atoms with Crippen molar-refractivity contribution in [3.8, 4) is 0 Å². The molecule has 0 aliphatic heterocycles. The van der Waals surface area contributed by atoms with E-state index in [1.807, 2.05) is 0 Å². The number of hydrogen-bond donors (Lipinski definition) is 1. The third-order valence-electron chi connectivity index (χ3n) is 3.79. The Kier molecular flexibility index (Phi) is 7.58. The van der Waals surface area contributed by atoms with E-state index in [2.05, 4.69) is 31.3 Å². The molecule has 1 rings (SSSR count). The topological polar surface area (TPSA) is 12.0 Å². The number of rotatable bonds is 7. The van der Waals surface area contributed by atoms with Crippen LogP contribution < -0.4 is 5.32 Å². The zero-order chi connectivity index (χ0) is 11.6. The molecule has 94 valence electrons. The molecule has 0 spiro atoms. The van der Waals surface area contributed by atoms with E-state index >= 15 is 0 Å². The minimum atomic E-state index is 0.883. The lowest BCUT2D eigenvalue weighted by atomic mass is 9.81. The quantitative estimate of drug-likeness (QED) is 0.505. The van der Waals surface area contributed by atoms with Gasteiger partial charge in [0.25, 0.3) is 0 Å². The summed E-state index contributed by atoms with van der Waals surface area (Å²) in [4.78, 5) is 0. The molecule has 0 atom stereocenters. The van der Waals surface area contributed by atoms with Gasteiger partial charge in [-0.05, 0) is 63.5 Å². The molecule has 0 aromatic carbocycles. The molecular weight excluding hydrogens is 194 g/mol. The third-order valence-corrected chi connectivity index (χ3v) is 3.79. The molecule has 0 heterocycles. The number of allylic oxidation sites excluding steroid dienone is 1. The van der Waals surface area contributed by atoms with E-state index in [1.54, 1.807) is 0 Å². The molecule has 1 aliphatic rings. The molecule has 1 N–H and O–H groups in total. The average molecular weight is 223 g/mol. The fourth-order valence-electron chi connectivity index (χ4n) is 2.56. The van der Waals surface area contributed by atoms with Gasteiger partial charge in [0, 0.05) is 0 Å². The Balaban J connectivity index is 2.02. The van der Waals surface area contributed by atoms with Crippen molar-refractivity contribution >= 4 is 0 Å². The smallest absolute Gasteiger partial charge is 0.00143 e. The first-order valence-electron chi connectivity index (χ1n) is 7.24. The van der Waals surface area contributed by atoms with Crippen LogP contribution in [0.15, 0.2) is 12.2 Å². The molecule has 0 aromatic heterocycles. The zero-order valence-electron chi connectivity index (χ0n) is 11.2. The first kappa shape index (κ1) is 13.8. The molecule has 0 amide bonds. The van der Waals surface area contributed by atoms with E-state index in [0.717, 1.165) is 24.9 Å². The van der Waals surface area contributed by atoms with Crippen molar-refractivity contribution in [3.05, 3.63) is 12.2 Å². The maximum absolute atomic E-state index is 3.44. The van der Waals surface area contributed by atoms with E-state index in [1.165, 1.54) is 44.9 Å². The van der Waals surface area contributed by atoms with E-state index < -0.39 is 0 Å². The van der Waals surface area contributed by atoms with Gasteiger partial charge in [0.05, 0.1) is 0 Å². The highest BCUT2D eigenvalue weighted by molar-refractivity contribution is 4.91. The normalized spacial score (nSPS) is 26.4. The molecule has 16 heavy (non-hydrogen) atoms. The molecule has 0 bridgehead atoms. The second-order valence-electron chi connectivity index (χ2n) is 5.16. The summed E-state index contributed by atoms with van der Waals surface area (Å²) in [5, 5.41) is 3.44. The summed E-state index contributed by atoms with van der Waals surface area (Å²) < 4.78 is 0. The maximum Gasteiger partial charge on any atom is -0.00143 e. The van der Waals surface area contributed by atoms with Gasteiger partial charge in [-0.3, -0.25) is 0 Å². The van der Waals surface area contributed by atoms with E-state index in [0.29, 0.717) is 0 Å². The Labute approximate surface area is 102 Å². The first-order chi connectivity index (χ1) is 7.86. The standard InChI is InChI=1S/C15H29N/c1-3-12-16-13-6-5-7-15-10-8-14(4-2)9-11-15/h5,7,14-16H,3-4,6,8-13H2,1-2H3. The fraction of sp³-hybridized carbons (Fsp3) is 0.867. The van der Waals surface area contributed by atoms with Gasteiger partial charge in [-0.25, -0.2) is 0 Å². The predicted octanol–water partition coefficient (Wildman–Crippen LogP) is 4.15. The minimum Gasteiger partial charge on any atom is -0.316 e. The lowest BCUT2D eigenvalue weighted by Gasteiger charge is -2.25. The van der Waals surface area contributed by atoms with Crippen LogP contribution in [0.1, 0.15) is 58.8 Å². The Morgan fingerprint density at radius 3 is 2.44 bits per heavy atom. The molecule has 1 nitrogen and oxygen atoms in total. The predicted molar refractivity (Wildman–Crippen MR) is 72.7 cm³/mol. The fourth-order valence-corrected chi connectivity index (χ4v) is 2.56. The first-order valence-corrected chi connectivity index (χ1v) is 7.24. The average Bonchev–Trinajstić information content (AvgIpc) is 2.34. The van der Waals surface area contributed by atoms with Crippen LogP contribution in [0, 0.1) is 11.8 Å². The third kappa shape index (κ3) is 5.69. The van der Waals surface area contributed by atoms with Crippen molar-refractivity contribution in [1.29, 1.82) is 0 Å². The molecule has 1 saturated carbocycles. The molecule has 1 fully saturated rings.